The Morgan fingerprint density at radius 1 is 1.40 bits per heavy atom. The topological polar surface area (TPSA) is 67.6 Å². The van der Waals surface area contributed by atoms with Gasteiger partial charge in [0, 0.05) is 17.0 Å². The van der Waals surface area contributed by atoms with Crippen molar-refractivity contribution in [3.8, 4) is 0 Å². The van der Waals surface area contributed by atoms with E-state index in [0.29, 0.717) is 5.16 Å². The lowest BCUT2D eigenvalue weighted by molar-refractivity contribution is 0.941. The molecule has 15 heavy (non-hydrogen) atoms. The van der Waals surface area contributed by atoms with Crippen LogP contribution >= 0.6 is 11.8 Å². The summed E-state index contributed by atoms with van der Waals surface area (Å²) in [7, 11) is 0. The molecule has 0 atom stereocenters. The lowest BCUT2D eigenvalue weighted by atomic mass is 10.3. The molecule has 2 rings (SSSR count). The van der Waals surface area contributed by atoms with Gasteiger partial charge in [0.25, 0.3) is 0 Å². The van der Waals surface area contributed by atoms with Crippen molar-refractivity contribution >= 4 is 17.4 Å². The fourth-order valence-electron chi connectivity index (χ4n) is 1.15. The predicted molar refractivity (Wildman–Crippen MR) is 60.7 cm³/mol. The molecule has 0 amide bonds. The van der Waals surface area contributed by atoms with E-state index < -0.39 is 0 Å². The van der Waals surface area contributed by atoms with Crippen molar-refractivity contribution in [3.63, 3.8) is 0 Å². The van der Waals surface area contributed by atoms with Gasteiger partial charge in [-0.25, -0.2) is 4.98 Å². The predicted octanol–water partition coefficient (Wildman–Crippen LogP) is 2.10. The summed E-state index contributed by atoms with van der Waals surface area (Å²) in [5.74, 6) is 0.895. The number of aryl methyl sites for hydroxylation is 1. The van der Waals surface area contributed by atoms with E-state index in [1.54, 1.807) is 0 Å². The molecule has 0 aliphatic carbocycles. The van der Waals surface area contributed by atoms with Gasteiger partial charge in [-0.2, -0.15) is 0 Å². The maximum Gasteiger partial charge on any atom is 0.213 e. The molecule has 0 unspecified atom stereocenters. The molecule has 0 bridgehead atoms. The minimum absolute atomic E-state index is 0.713. The van der Waals surface area contributed by atoms with Gasteiger partial charge in [0.15, 0.2) is 0 Å². The summed E-state index contributed by atoms with van der Waals surface area (Å²) in [5.41, 5.74) is 6.58. The highest BCUT2D eigenvalue weighted by molar-refractivity contribution is 7.99. The SMILES string of the molecule is CCc1nc(Sc2ccccc2N)n[nH]1. The third-order valence-corrected chi connectivity index (χ3v) is 2.92. The normalized spacial score (nSPS) is 10.5. The number of nitrogens with one attached hydrogen (secondary N) is 1. The van der Waals surface area contributed by atoms with Crippen LogP contribution in [0.3, 0.4) is 0 Å². The Balaban J connectivity index is 2.18. The summed E-state index contributed by atoms with van der Waals surface area (Å²) in [6.07, 6.45) is 0.859. The van der Waals surface area contributed by atoms with Gasteiger partial charge in [-0.3, -0.25) is 5.10 Å². The number of benzene rings is 1. The summed E-state index contributed by atoms with van der Waals surface area (Å²) in [4.78, 5) is 5.29. The Labute approximate surface area is 92.3 Å². The second-order valence-electron chi connectivity index (χ2n) is 3.06. The average molecular weight is 220 g/mol. The number of nitrogen functional groups attached to an aromatic ring is 1. The number of para-hydroxylation sites is 1. The number of anilines is 1. The zero-order valence-corrected chi connectivity index (χ0v) is 9.21. The van der Waals surface area contributed by atoms with Crippen molar-refractivity contribution in [3.05, 3.63) is 30.1 Å². The van der Waals surface area contributed by atoms with Crippen LogP contribution in [0.25, 0.3) is 0 Å². The van der Waals surface area contributed by atoms with Crippen LogP contribution in [-0.4, -0.2) is 15.2 Å². The largest absolute Gasteiger partial charge is 0.398 e. The van der Waals surface area contributed by atoms with Gasteiger partial charge in [-0.1, -0.05) is 19.1 Å². The lowest BCUT2D eigenvalue weighted by Crippen LogP contribution is -1.87. The average Bonchev–Trinajstić information content (AvgIpc) is 2.69. The molecule has 1 aromatic carbocycles. The molecule has 0 aliphatic heterocycles. The molecule has 5 heteroatoms. The Bertz CT molecular complexity index is 452. The number of H-pyrrole nitrogens is 1. The van der Waals surface area contributed by atoms with Crippen LogP contribution in [0.5, 0.6) is 0 Å². The summed E-state index contributed by atoms with van der Waals surface area (Å²) in [6.45, 7) is 2.03. The van der Waals surface area contributed by atoms with Crippen molar-refractivity contribution in [1.29, 1.82) is 0 Å². The molecule has 0 spiro atoms. The minimum atomic E-state index is 0.713. The van der Waals surface area contributed by atoms with E-state index >= 15 is 0 Å². The molecule has 0 saturated carbocycles. The fourth-order valence-corrected chi connectivity index (χ4v) is 1.93. The number of nitrogens with two attached hydrogens (primary N) is 1. The number of aromatic amines is 1. The third-order valence-electron chi connectivity index (χ3n) is 1.97. The summed E-state index contributed by atoms with van der Waals surface area (Å²) in [6, 6.07) is 7.69. The molecule has 0 fully saturated rings. The highest BCUT2D eigenvalue weighted by atomic mass is 32.2. The lowest BCUT2D eigenvalue weighted by Gasteiger charge is -2.00. The highest BCUT2D eigenvalue weighted by Gasteiger charge is 2.05. The third kappa shape index (κ3) is 2.30. The number of hydrogen-bond acceptors (Lipinski definition) is 4. The summed E-state index contributed by atoms with van der Waals surface area (Å²) >= 11 is 1.47. The summed E-state index contributed by atoms with van der Waals surface area (Å²) in [5, 5.41) is 7.68. The number of hydrogen-bond donors (Lipinski definition) is 2. The van der Waals surface area contributed by atoms with Crippen LogP contribution < -0.4 is 5.73 Å². The molecule has 78 valence electrons. The smallest absolute Gasteiger partial charge is 0.213 e. The van der Waals surface area contributed by atoms with E-state index in [2.05, 4.69) is 15.2 Å². The molecule has 1 aromatic heterocycles. The maximum atomic E-state index is 5.82. The molecule has 1 heterocycles. The van der Waals surface area contributed by atoms with Gasteiger partial charge in [-0.15, -0.1) is 5.10 Å². The van der Waals surface area contributed by atoms with Gasteiger partial charge in [-0.05, 0) is 23.9 Å². The number of aromatic nitrogens is 3. The zero-order chi connectivity index (χ0) is 10.7. The van der Waals surface area contributed by atoms with Crippen molar-refractivity contribution in [2.45, 2.75) is 23.4 Å². The second-order valence-corrected chi connectivity index (χ2v) is 4.07. The first-order valence-corrected chi connectivity index (χ1v) is 5.55. The highest BCUT2D eigenvalue weighted by Crippen LogP contribution is 2.29. The molecular formula is C10H12N4S. The van der Waals surface area contributed by atoms with E-state index in [1.807, 2.05) is 31.2 Å². The molecule has 4 nitrogen and oxygen atoms in total. The molecule has 2 aromatic rings. The second kappa shape index (κ2) is 4.35. The van der Waals surface area contributed by atoms with Crippen LogP contribution in [-0.2, 0) is 6.42 Å². The van der Waals surface area contributed by atoms with Crippen LogP contribution in [0, 0.1) is 0 Å². The first-order valence-electron chi connectivity index (χ1n) is 4.73. The van der Waals surface area contributed by atoms with Gasteiger partial charge in [0.1, 0.15) is 5.82 Å². The Hall–Kier alpha value is -1.49. The van der Waals surface area contributed by atoms with Crippen LogP contribution in [0.15, 0.2) is 34.3 Å². The van der Waals surface area contributed by atoms with Crippen molar-refractivity contribution in [1.82, 2.24) is 15.2 Å². The van der Waals surface area contributed by atoms with Gasteiger partial charge in [0.2, 0.25) is 5.16 Å². The fraction of sp³-hybridized carbons (Fsp3) is 0.200. The first-order chi connectivity index (χ1) is 7.29. The number of rotatable bonds is 3. The monoisotopic (exact) mass is 220 g/mol. The van der Waals surface area contributed by atoms with Crippen LogP contribution in [0.2, 0.25) is 0 Å². The molecule has 0 radical (unpaired) electrons. The van der Waals surface area contributed by atoms with E-state index in [0.717, 1.165) is 22.8 Å². The Kier molecular flexibility index (Phi) is 2.91. The Morgan fingerprint density at radius 2 is 2.20 bits per heavy atom. The quantitative estimate of drug-likeness (QED) is 0.777. The van der Waals surface area contributed by atoms with Gasteiger partial charge < -0.3 is 5.73 Å². The summed E-state index contributed by atoms with van der Waals surface area (Å²) < 4.78 is 0. The standard InChI is InChI=1S/C10H12N4S/c1-2-9-12-10(14-13-9)15-8-6-4-3-5-7(8)11/h3-6H,2,11H2,1H3,(H,12,13,14). The Morgan fingerprint density at radius 3 is 2.87 bits per heavy atom. The van der Waals surface area contributed by atoms with Crippen molar-refractivity contribution < 1.29 is 0 Å². The van der Waals surface area contributed by atoms with E-state index in [4.69, 9.17) is 5.73 Å². The minimum Gasteiger partial charge on any atom is -0.398 e. The van der Waals surface area contributed by atoms with E-state index in [9.17, 15) is 0 Å². The first kappa shape index (κ1) is 10.0. The van der Waals surface area contributed by atoms with Gasteiger partial charge >= 0.3 is 0 Å². The zero-order valence-electron chi connectivity index (χ0n) is 8.40. The van der Waals surface area contributed by atoms with E-state index in [-0.39, 0.29) is 0 Å². The molecular weight excluding hydrogens is 208 g/mol. The van der Waals surface area contributed by atoms with Crippen molar-refractivity contribution in [2.24, 2.45) is 0 Å². The maximum absolute atomic E-state index is 5.82. The van der Waals surface area contributed by atoms with Crippen molar-refractivity contribution in [2.75, 3.05) is 5.73 Å². The molecule has 0 aliphatic rings. The number of nitrogens with zero attached hydrogens (tertiary/aromatic N) is 2. The molecule has 3 N–H and O–H groups in total. The van der Waals surface area contributed by atoms with E-state index in [1.165, 1.54) is 11.8 Å². The van der Waals surface area contributed by atoms with Crippen LogP contribution in [0.1, 0.15) is 12.7 Å². The molecule has 0 saturated heterocycles. The van der Waals surface area contributed by atoms with Crippen LogP contribution in [0.4, 0.5) is 5.69 Å². The van der Waals surface area contributed by atoms with Gasteiger partial charge in [0.05, 0.1) is 0 Å².